The van der Waals surface area contributed by atoms with Crippen LogP contribution in [0.3, 0.4) is 0 Å². The number of isothiocyanates is 1. The molecule has 0 N–H and O–H groups in total. The highest BCUT2D eigenvalue weighted by Crippen LogP contribution is 2.15. The van der Waals surface area contributed by atoms with Gasteiger partial charge in [-0.25, -0.2) is 0 Å². The first-order chi connectivity index (χ1) is 10.3. The molecule has 0 fully saturated rings. The third kappa shape index (κ3) is 5.26. The Morgan fingerprint density at radius 3 is 1.76 bits per heavy atom. The van der Waals surface area contributed by atoms with Crippen LogP contribution in [-0.4, -0.2) is 5.16 Å². The summed E-state index contributed by atoms with van der Waals surface area (Å²) in [5.41, 5.74) is 5.04. The van der Waals surface area contributed by atoms with Crippen LogP contribution < -0.4 is 0 Å². The number of aryl methyl sites for hydroxylation is 3. The minimum Gasteiger partial charge on any atom is -0.195 e. The van der Waals surface area contributed by atoms with E-state index < -0.39 is 0 Å². The van der Waals surface area contributed by atoms with Crippen molar-refractivity contribution in [1.29, 1.82) is 0 Å². The van der Waals surface area contributed by atoms with Crippen LogP contribution in [0.5, 0.6) is 0 Å². The molecule has 1 nitrogen and oxygen atoms in total. The second kappa shape index (κ2) is 8.51. The molecule has 0 bridgehead atoms. The molecule has 0 amide bonds. The van der Waals surface area contributed by atoms with Crippen molar-refractivity contribution in [2.75, 3.05) is 0 Å². The monoisotopic (exact) mass is 295 g/mol. The number of thiocarbonyl (C=S) groups is 1. The molecule has 2 heteroatoms. The second-order valence-electron chi connectivity index (χ2n) is 5.29. The highest BCUT2D eigenvalue weighted by molar-refractivity contribution is 7.78. The van der Waals surface area contributed by atoms with Gasteiger partial charge in [0.2, 0.25) is 0 Å². The molecule has 2 rings (SSSR count). The van der Waals surface area contributed by atoms with E-state index in [1.54, 1.807) is 0 Å². The Labute approximate surface area is 132 Å². The van der Waals surface area contributed by atoms with Gasteiger partial charge in [-0.3, -0.25) is 0 Å². The Morgan fingerprint density at radius 2 is 1.29 bits per heavy atom. The first kappa shape index (κ1) is 15.6. The molecular weight excluding hydrogens is 274 g/mol. The number of aliphatic imine (C=N–C) groups is 1. The van der Waals surface area contributed by atoms with Crippen LogP contribution in [0.4, 0.5) is 5.69 Å². The molecule has 0 spiro atoms. The fourth-order valence-corrected chi connectivity index (χ4v) is 2.44. The molecule has 0 aliphatic carbocycles. The van der Waals surface area contributed by atoms with Crippen LogP contribution in [0.15, 0.2) is 53.5 Å². The molecule has 0 saturated carbocycles. The van der Waals surface area contributed by atoms with Crippen LogP contribution in [0.2, 0.25) is 0 Å². The standard InChI is InChI=1S/C19H21NS/c1-2-3-4-16-5-7-17(8-6-16)9-10-18-11-13-19(14-12-18)20-15-21/h5-8,11-14H,2-4,9-10H2,1H3. The van der Waals surface area contributed by atoms with Gasteiger partial charge < -0.3 is 0 Å². The van der Waals surface area contributed by atoms with Gasteiger partial charge in [0.25, 0.3) is 0 Å². The molecule has 0 radical (unpaired) electrons. The Bertz CT molecular complexity index is 592. The summed E-state index contributed by atoms with van der Waals surface area (Å²) in [6.45, 7) is 2.23. The number of benzene rings is 2. The van der Waals surface area contributed by atoms with E-state index in [4.69, 9.17) is 0 Å². The number of unbranched alkanes of at least 4 members (excludes halogenated alkanes) is 1. The summed E-state index contributed by atoms with van der Waals surface area (Å²) in [6, 6.07) is 17.3. The van der Waals surface area contributed by atoms with E-state index in [9.17, 15) is 0 Å². The molecule has 0 heterocycles. The van der Waals surface area contributed by atoms with Gasteiger partial charge in [0, 0.05) is 0 Å². The van der Waals surface area contributed by atoms with Crippen molar-refractivity contribution in [1.82, 2.24) is 0 Å². The van der Waals surface area contributed by atoms with E-state index in [-0.39, 0.29) is 0 Å². The van der Waals surface area contributed by atoms with Crippen molar-refractivity contribution in [3.63, 3.8) is 0 Å². The van der Waals surface area contributed by atoms with Gasteiger partial charge in [-0.2, -0.15) is 4.99 Å². The second-order valence-corrected chi connectivity index (χ2v) is 5.47. The minimum atomic E-state index is 0.869. The number of hydrogen-bond acceptors (Lipinski definition) is 2. The van der Waals surface area contributed by atoms with E-state index in [1.165, 1.54) is 36.0 Å². The highest BCUT2D eigenvalue weighted by atomic mass is 32.1. The van der Waals surface area contributed by atoms with Crippen LogP contribution in [0.1, 0.15) is 36.5 Å². The molecule has 0 aromatic heterocycles. The lowest BCUT2D eigenvalue weighted by atomic mass is 10.0. The van der Waals surface area contributed by atoms with Crippen LogP contribution in [0, 0.1) is 0 Å². The Kier molecular flexibility index (Phi) is 6.33. The molecule has 0 aliphatic heterocycles. The summed E-state index contributed by atoms with van der Waals surface area (Å²) < 4.78 is 0. The van der Waals surface area contributed by atoms with E-state index in [0.717, 1.165) is 18.5 Å². The summed E-state index contributed by atoms with van der Waals surface area (Å²) in [5.74, 6) is 0. The maximum atomic E-state index is 4.60. The van der Waals surface area contributed by atoms with E-state index in [1.807, 2.05) is 12.1 Å². The summed E-state index contributed by atoms with van der Waals surface area (Å²) >= 11 is 4.60. The quantitative estimate of drug-likeness (QED) is 0.482. The Morgan fingerprint density at radius 1 is 0.810 bits per heavy atom. The summed E-state index contributed by atoms with van der Waals surface area (Å²) in [4.78, 5) is 3.97. The predicted molar refractivity (Wildman–Crippen MR) is 93.6 cm³/mol. The zero-order valence-corrected chi connectivity index (χ0v) is 13.3. The fraction of sp³-hybridized carbons (Fsp3) is 0.316. The van der Waals surface area contributed by atoms with Crippen LogP contribution in [0.25, 0.3) is 0 Å². The normalized spacial score (nSPS) is 10.1. The first-order valence-electron chi connectivity index (χ1n) is 7.56. The average Bonchev–Trinajstić information content (AvgIpc) is 2.53. The summed E-state index contributed by atoms with van der Waals surface area (Å²) in [5, 5.41) is 2.39. The van der Waals surface area contributed by atoms with Gasteiger partial charge in [-0.15, -0.1) is 0 Å². The van der Waals surface area contributed by atoms with E-state index in [0.29, 0.717) is 0 Å². The zero-order chi connectivity index (χ0) is 14.9. The van der Waals surface area contributed by atoms with Gasteiger partial charge in [-0.1, -0.05) is 49.7 Å². The highest BCUT2D eigenvalue weighted by Gasteiger charge is 1.98. The van der Waals surface area contributed by atoms with Crippen molar-refractivity contribution < 1.29 is 0 Å². The molecule has 2 aromatic rings. The van der Waals surface area contributed by atoms with E-state index in [2.05, 4.69) is 65.7 Å². The van der Waals surface area contributed by atoms with Crippen molar-refractivity contribution in [3.8, 4) is 0 Å². The Balaban J connectivity index is 1.88. The average molecular weight is 295 g/mol. The SMILES string of the molecule is CCCCc1ccc(CCc2ccc(N=C=S)cc2)cc1. The maximum absolute atomic E-state index is 4.60. The zero-order valence-electron chi connectivity index (χ0n) is 12.5. The third-order valence-electron chi connectivity index (χ3n) is 3.66. The van der Waals surface area contributed by atoms with Crippen molar-refractivity contribution in [2.45, 2.75) is 39.0 Å². The van der Waals surface area contributed by atoms with Crippen molar-refractivity contribution >= 4 is 23.1 Å². The number of hydrogen-bond donors (Lipinski definition) is 0. The van der Waals surface area contributed by atoms with Crippen molar-refractivity contribution in [3.05, 3.63) is 65.2 Å². The fourth-order valence-electron chi connectivity index (χ4n) is 2.33. The topological polar surface area (TPSA) is 12.4 Å². The summed E-state index contributed by atoms with van der Waals surface area (Å²) in [6.07, 6.45) is 5.85. The molecule has 0 saturated heterocycles. The predicted octanol–water partition coefficient (Wildman–Crippen LogP) is 5.55. The van der Waals surface area contributed by atoms with Gasteiger partial charge in [0.15, 0.2) is 0 Å². The first-order valence-corrected chi connectivity index (χ1v) is 7.97. The smallest absolute Gasteiger partial charge is 0.0739 e. The lowest BCUT2D eigenvalue weighted by molar-refractivity contribution is 0.794. The molecule has 2 aromatic carbocycles. The Hall–Kier alpha value is -1.76. The van der Waals surface area contributed by atoms with Gasteiger partial charge in [-0.05, 0) is 66.7 Å². The lowest BCUT2D eigenvalue weighted by Crippen LogP contribution is -1.92. The minimum absolute atomic E-state index is 0.869. The summed E-state index contributed by atoms with van der Waals surface area (Å²) in [7, 11) is 0. The van der Waals surface area contributed by atoms with Gasteiger partial charge in [0.05, 0.1) is 10.8 Å². The third-order valence-corrected chi connectivity index (χ3v) is 3.75. The molecule has 0 aliphatic rings. The number of rotatable bonds is 7. The van der Waals surface area contributed by atoms with Crippen LogP contribution >= 0.6 is 12.2 Å². The number of nitrogens with zero attached hydrogens (tertiary/aromatic N) is 1. The van der Waals surface area contributed by atoms with Gasteiger partial charge in [0.1, 0.15) is 0 Å². The van der Waals surface area contributed by atoms with Crippen LogP contribution in [-0.2, 0) is 19.3 Å². The lowest BCUT2D eigenvalue weighted by Gasteiger charge is -2.05. The largest absolute Gasteiger partial charge is 0.195 e. The molecule has 21 heavy (non-hydrogen) atoms. The van der Waals surface area contributed by atoms with E-state index >= 15 is 0 Å². The molecular formula is C19H21NS. The van der Waals surface area contributed by atoms with Crippen molar-refractivity contribution in [2.24, 2.45) is 4.99 Å². The maximum Gasteiger partial charge on any atom is 0.0739 e. The molecule has 0 unspecified atom stereocenters. The van der Waals surface area contributed by atoms with Gasteiger partial charge >= 0.3 is 0 Å². The molecule has 108 valence electrons. The molecule has 0 atom stereocenters.